The number of anilines is 2. The molecule has 0 aromatic carbocycles. The summed E-state index contributed by atoms with van der Waals surface area (Å²) in [6.07, 6.45) is 0. The zero-order valence-electron chi connectivity index (χ0n) is 11.7. The fourth-order valence-electron chi connectivity index (χ4n) is 1.80. The first-order valence-corrected chi connectivity index (χ1v) is 6.93. The summed E-state index contributed by atoms with van der Waals surface area (Å²) in [6.45, 7) is 7.79. The SMILES string of the molecule is CCN(CC(C)C)c1sc(C(=O)OC)c(N)c1C#N. The van der Waals surface area contributed by atoms with Crippen molar-refractivity contribution in [2.24, 2.45) is 5.92 Å². The number of nitrogens with zero attached hydrogens (tertiary/aromatic N) is 2. The number of carbonyl (C=O) groups is 1. The summed E-state index contributed by atoms with van der Waals surface area (Å²) in [4.78, 5) is 14.0. The van der Waals surface area contributed by atoms with Crippen LogP contribution in [0.5, 0.6) is 0 Å². The fraction of sp³-hybridized carbons (Fsp3) is 0.538. The summed E-state index contributed by atoms with van der Waals surface area (Å²) in [6, 6.07) is 2.09. The molecule has 0 saturated heterocycles. The van der Waals surface area contributed by atoms with E-state index < -0.39 is 5.97 Å². The van der Waals surface area contributed by atoms with Gasteiger partial charge in [-0.25, -0.2) is 4.79 Å². The minimum Gasteiger partial charge on any atom is -0.465 e. The molecule has 104 valence electrons. The van der Waals surface area contributed by atoms with Crippen molar-refractivity contribution in [1.82, 2.24) is 0 Å². The molecule has 0 aliphatic carbocycles. The Bertz CT molecular complexity index is 503. The number of hydrogen-bond acceptors (Lipinski definition) is 6. The van der Waals surface area contributed by atoms with Crippen molar-refractivity contribution in [3.05, 3.63) is 10.4 Å². The third kappa shape index (κ3) is 3.18. The molecule has 0 saturated carbocycles. The molecular weight excluding hydrogens is 262 g/mol. The average Bonchev–Trinajstić information content (AvgIpc) is 2.71. The zero-order chi connectivity index (χ0) is 14.6. The van der Waals surface area contributed by atoms with E-state index >= 15 is 0 Å². The Labute approximate surface area is 117 Å². The maximum absolute atomic E-state index is 11.6. The van der Waals surface area contributed by atoms with Gasteiger partial charge < -0.3 is 15.4 Å². The van der Waals surface area contributed by atoms with E-state index in [4.69, 9.17) is 5.73 Å². The van der Waals surface area contributed by atoms with Crippen molar-refractivity contribution in [2.45, 2.75) is 20.8 Å². The van der Waals surface area contributed by atoms with Gasteiger partial charge in [0.25, 0.3) is 0 Å². The van der Waals surface area contributed by atoms with Gasteiger partial charge >= 0.3 is 5.97 Å². The van der Waals surface area contributed by atoms with Gasteiger partial charge in [0.2, 0.25) is 0 Å². The predicted octanol–water partition coefficient (Wildman–Crippen LogP) is 2.47. The second kappa shape index (κ2) is 6.43. The van der Waals surface area contributed by atoms with Crippen LogP contribution in [0.2, 0.25) is 0 Å². The molecule has 19 heavy (non-hydrogen) atoms. The van der Waals surface area contributed by atoms with E-state index in [0.717, 1.165) is 18.1 Å². The lowest BCUT2D eigenvalue weighted by Gasteiger charge is -2.23. The summed E-state index contributed by atoms with van der Waals surface area (Å²) < 4.78 is 4.69. The van der Waals surface area contributed by atoms with E-state index in [1.807, 2.05) is 6.92 Å². The molecule has 0 aliphatic rings. The van der Waals surface area contributed by atoms with Gasteiger partial charge in [-0.05, 0) is 12.8 Å². The number of thiophene rings is 1. The molecule has 0 unspecified atom stereocenters. The van der Waals surface area contributed by atoms with Crippen LogP contribution in [0.3, 0.4) is 0 Å². The van der Waals surface area contributed by atoms with Gasteiger partial charge in [0.15, 0.2) is 0 Å². The van der Waals surface area contributed by atoms with E-state index in [1.165, 1.54) is 18.4 Å². The van der Waals surface area contributed by atoms with Gasteiger partial charge in [-0.3, -0.25) is 0 Å². The van der Waals surface area contributed by atoms with E-state index in [-0.39, 0.29) is 5.69 Å². The molecule has 1 rings (SSSR count). The van der Waals surface area contributed by atoms with Crippen LogP contribution in [-0.2, 0) is 4.74 Å². The Morgan fingerprint density at radius 1 is 1.58 bits per heavy atom. The van der Waals surface area contributed by atoms with E-state index in [1.54, 1.807) is 0 Å². The molecule has 1 aromatic heterocycles. The maximum atomic E-state index is 11.6. The summed E-state index contributed by atoms with van der Waals surface area (Å²) >= 11 is 1.22. The fourth-order valence-corrected chi connectivity index (χ4v) is 2.97. The largest absolute Gasteiger partial charge is 0.465 e. The summed E-state index contributed by atoms with van der Waals surface area (Å²) in [5.74, 6) is -0.0396. The number of nitriles is 1. The summed E-state index contributed by atoms with van der Waals surface area (Å²) in [5, 5.41) is 9.99. The molecule has 0 atom stereocenters. The van der Waals surface area contributed by atoms with Crippen molar-refractivity contribution in [2.75, 3.05) is 30.8 Å². The number of nitrogens with two attached hydrogens (primary N) is 1. The summed E-state index contributed by atoms with van der Waals surface area (Å²) in [5.41, 5.74) is 6.46. The lowest BCUT2D eigenvalue weighted by atomic mass is 10.2. The van der Waals surface area contributed by atoms with Gasteiger partial charge in [-0.1, -0.05) is 13.8 Å². The van der Waals surface area contributed by atoms with Crippen LogP contribution in [0.1, 0.15) is 36.0 Å². The van der Waals surface area contributed by atoms with Crippen LogP contribution >= 0.6 is 11.3 Å². The first-order valence-electron chi connectivity index (χ1n) is 6.11. The second-order valence-electron chi connectivity index (χ2n) is 4.56. The minimum absolute atomic E-state index is 0.219. The standard InChI is InChI=1S/C13H19N3O2S/c1-5-16(7-8(2)3)12-9(6-14)10(15)11(19-12)13(17)18-4/h8H,5,7,15H2,1-4H3. The van der Waals surface area contributed by atoms with Gasteiger partial charge in [0, 0.05) is 13.1 Å². The first kappa shape index (κ1) is 15.3. The highest BCUT2D eigenvalue weighted by Crippen LogP contribution is 2.38. The van der Waals surface area contributed by atoms with E-state index in [9.17, 15) is 10.1 Å². The average molecular weight is 281 g/mol. The molecule has 1 aromatic rings. The topological polar surface area (TPSA) is 79.3 Å². The molecular formula is C13H19N3O2S. The Hall–Kier alpha value is -1.74. The number of ether oxygens (including phenoxy) is 1. The van der Waals surface area contributed by atoms with Crippen molar-refractivity contribution < 1.29 is 9.53 Å². The number of hydrogen-bond donors (Lipinski definition) is 1. The van der Waals surface area contributed by atoms with Crippen LogP contribution in [0.15, 0.2) is 0 Å². The lowest BCUT2D eigenvalue weighted by Crippen LogP contribution is -2.27. The quantitative estimate of drug-likeness (QED) is 0.839. The highest BCUT2D eigenvalue weighted by atomic mass is 32.1. The minimum atomic E-state index is -0.495. The molecule has 0 fully saturated rings. The van der Waals surface area contributed by atoms with Crippen LogP contribution in [0, 0.1) is 17.2 Å². The highest BCUT2D eigenvalue weighted by Gasteiger charge is 2.24. The molecule has 0 bridgehead atoms. The molecule has 5 nitrogen and oxygen atoms in total. The zero-order valence-corrected chi connectivity index (χ0v) is 12.5. The normalized spacial score (nSPS) is 10.3. The second-order valence-corrected chi connectivity index (χ2v) is 5.56. The number of esters is 1. The molecule has 0 aliphatic heterocycles. The van der Waals surface area contributed by atoms with Gasteiger partial charge in [0.05, 0.1) is 12.8 Å². The van der Waals surface area contributed by atoms with Gasteiger partial charge in [0.1, 0.15) is 21.5 Å². The monoisotopic (exact) mass is 281 g/mol. The molecule has 1 heterocycles. The molecule has 2 N–H and O–H groups in total. The molecule has 0 radical (unpaired) electrons. The van der Waals surface area contributed by atoms with Crippen LogP contribution in [-0.4, -0.2) is 26.2 Å². The Balaban J connectivity index is 3.27. The number of methoxy groups -OCH3 is 1. The Kier molecular flexibility index (Phi) is 5.19. The highest BCUT2D eigenvalue weighted by molar-refractivity contribution is 7.18. The third-order valence-electron chi connectivity index (χ3n) is 2.66. The van der Waals surface area contributed by atoms with Gasteiger partial charge in [-0.15, -0.1) is 11.3 Å². The van der Waals surface area contributed by atoms with Crippen molar-refractivity contribution in [3.63, 3.8) is 0 Å². The Morgan fingerprint density at radius 2 is 2.21 bits per heavy atom. The maximum Gasteiger partial charge on any atom is 0.350 e. The first-order chi connectivity index (χ1) is 8.96. The number of nitrogen functional groups attached to an aromatic ring is 1. The van der Waals surface area contributed by atoms with E-state index in [2.05, 4.69) is 29.6 Å². The van der Waals surface area contributed by atoms with Crippen LogP contribution < -0.4 is 10.6 Å². The van der Waals surface area contributed by atoms with E-state index in [0.29, 0.717) is 16.4 Å². The number of rotatable bonds is 5. The van der Waals surface area contributed by atoms with Crippen LogP contribution in [0.4, 0.5) is 10.7 Å². The molecule has 6 heteroatoms. The number of carbonyl (C=O) groups excluding carboxylic acids is 1. The smallest absolute Gasteiger partial charge is 0.350 e. The Morgan fingerprint density at radius 3 is 2.63 bits per heavy atom. The van der Waals surface area contributed by atoms with Crippen LogP contribution in [0.25, 0.3) is 0 Å². The molecule has 0 amide bonds. The predicted molar refractivity (Wildman–Crippen MR) is 77.5 cm³/mol. The van der Waals surface area contributed by atoms with Crippen molar-refractivity contribution in [1.29, 1.82) is 5.26 Å². The van der Waals surface area contributed by atoms with Gasteiger partial charge in [-0.2, -0.15) is 5.26 Å². The van der Waals surface area contributed by atoms with Crippen molar-refractivity contribution in [3.8, 4) is 6.07 Å². The summed E-state index contributed by atoms with van der Waals surface area (Å²) in [7, 11) is 1.30. The third-order valence-corrected chi connectivity index (χ3v) is 3.91. The lowest BCUT2D eigenvalue weighted by molar-refractivity contribution is 0.0607. The molecule has 0 spiro atoms. The van der Waals surface area contributed by atoms with Crippen molar-refractivity contribution >= 4 is 28.0 Å².